The predicted molar refractivity (Wildman–Crippen MR) is 99.6 cm³/mol. The fraction of sp³-hybridized carbons (Fsp3) is 1.00. The van der Waals surface area contributed by atoms with Gasteiger partial charge in [-0.05, 0) is 0 Å². The quantitative estimate of drug-likeness (QED) is 0.623. The molecule has 0 aliphatic carbocycles. The van der Waals surface area contributed by atoms with Gasteiger partial charge in [-0.25, -0.2) is 0 Å². The summed E-state index contributed by atoms with van der Waals surface area (Å²) in [6.45, 7) is 28.8. The molecule has 0 bridgehead atoms. The van der Waals surface area contributed by atoms with Gasteiger partial charge in [0.1, 0.15) is 0 Å². The SMILES string of the molecule is CC(C)C[N]1C(C)[N](CC(C)C)[Sn]1[N](C(C)(C)C)C(C)(C)C. The molecule has 0 aromatic rings. The Morgan fingerprint density at radius 2 is 1.14 bits per heavy atom. The van der Waals surface area contributed by atoms with Crippen molar-refractivity contribution in [2.24, 2.45) is 11.8 Å². The third kappa shape index (κ3) is 4.84. The van der Waals surface area contributed by atoms with Crippen LogP contribution in [0, 0.1) is 11.8 Å². The summed E-state index contributed by atoms with van der Waals surface area (Å²) < 4.78 is 8.66. The van der Waals surface area contributed by atoms with E-state index < -0.39 is 20.6 Å². The molecular formula is C18H40N3Sn. The van der Waals surface area contributed by atoms with Crippen LogP contribution in [-0.2, 0) is 0 Å². The molecule has 1 aliphatic rings. The molecule has 0 unspecified atom stereocenters. The standard InChI is InChI=1S/C10H22N2.C8H18N.Sn/c1-8(2)6-11-10(5)12-7-9(3)4;1-7(2,3)9-8(4,5)6;/h8-10H,6-7H2,1-5H3;1-6H3;/q-2;-1;+3. The van der Waals surface area contributed by atoms with Crippen LogP contribution in [-0.4, -0.2) is 60.3 Å². The normalized spacial score (nSPS) is 20.5. The third-order valence-corrected chi connectivity index (χ3v) is 15.2. The Balaban J connectivity index is 3.13. The van der Waals surface area contributed by atoms with Crippen LogP contribution < -0.4 is 0 Å². The molecule has 1 fully saturated rings. The summed E-state index contributed by atoms with van der Waals surface area (Å²) in [4.78, 5) is 0. The van der Waals surface area contributed by atoms with E-state index in [1.165, 1.54) is 13.1 Å². The van der Waals surface area contributed by atoms with Crippen LogP contribution in [0.2, 0.25) is 0 Å². The van der Waals surface area contributed by atoms with Crippen LogP contribution in [0.3, 0.4) is 0 Å². The maximum atomic E-state index is 2.90. The molecule has 0 N–H and O–H groups in total. The topological polar surface area (TPSA) is 9.72 Å². The van der Waals surface area contributed by atoms with E-state index in [1.54, 1.807) is 0 Å². The molecule has 1 rings (SSSR count). The second-order valence-corrected chi connectivity index (χ2v) is 16.0. The summed E-state index contributed by atoms with van der Waals surface area (Å²) in [7, 11) is 0. The van der Waals surface area contributed by atoms with Gasteiger partial charge in [0.2, 0.25) is 0 Å². The second-order valence-electron chi connectivity index (χ2n) is 9.70. The van der Waals surface area contributed by atoms with Crippen molar-refractivity contribution in [3.63, 3.8) is 0 Å². The Kier molecular flexibility index (Phi) is 6.86. The first-order valence-corrected chi connectivity index (χ1v) is 12.8. The van der Waals surface area contributed by atoms with Crippen molar-refractivity contribution >= 4 is 20.6 Å². The van der Waals surface area contributed by atoms with Crippen molar-refractivity contribution in [1.29, 1.82) is 0 Å². The van der Waals surface area contributed by atoms with E-state index in [9.17, 15) is 0 Å². The molecule has 0 atom stereocenters. The zero-order valence-corrected chi connectivity index (χ0v) is 19.8. The molecule has 0 aromatic heterocycles. The summed E-state index contributed by atoms with van der Waals surface area (Å²) in [5, 5.41) is 0. The van der Waals surface area contributed by atoms with Crippen LogP contribution in [0.25, 0.3) is 0 Å². The van der Waals surface area contributed by atoms with Gasteiger partial charge in [-0.15, -0.1) is 0 Å². The number of hydrogen-bond donors (Lipinski definition) is 0. The zero-order chi connectivity index (χ0) is 17.5. The second kappa shape index (κ2) is 7.28. The van der Waals surface area contributed by atoms with Gasteiger partial charge in [0, 0.05) is 0 Å². The summed E-state index contributed by atoms with van der Waals surface area (Å²) in [6.07, 6.45) is 0.631. The maximum absolute atomic E-state index is 2.90. The van der Waals surface area contributed by atoms with Crippen LogP contribution in [0.1, 0.15) is 76.2 Å². The molecule has 3 nitrogen and oxygen atoms in total. The average Bonchev–Trinajstić information content (AvgIpc) is 2.27. The molecule has 131 valence electrons. The summed E-state index contributed by atoms with van der Waals surface area (Å²) >= 11 is -1.97. The summed E-state index contributed by atoms with van der Waals surface area (Å²) in [5.41, 5.74) is 0.468. The molecule has 0 aromatic carbocycles. The van der Waals surface area contributed by atoms with Crippen LogP contribution in [0.5, 0.6) is 0 Å². The first kappa shape index (κ1) is 20.7. The van der Waals surface area contributed by atoms with Gasteiger partial charge < -0.3 is 0 Å². The first-order valence-electron chi connectivity index (χ1n) is 8.97. The molecule has 4 heteroatoms. The molecule has 1 radical (unpaired) electrons. The van der Waals surface area contributed by atoms with Crippen molar-refractivity contribution < 1.29 is 0 Å². The van der Waals surface area contributed by atoms with E-state index in [-0.39, 0.29) is 11.1 Å². The van der Waals surface area contributed by atoms with Crippen LogP contribution >= 0.6 is 0 Å². The van der Waals surface area contributed by atoms with Crippen molar-refractivity contribution in [2.75, 3.05) is 13.1 Å². The molecule has 1 aliphatic heterocycles. The van der Waals surface area contributed by atoms with Crippen molar-refractivity contribution in [3.8, 4) is 0 Å². The van der Waals surface area contributed by atoms with Crippen molar-refractivity contribution in [2.45, 2.75) is 93.4 Å². The van der Waals surface area contributed by atoms with E-state index in [4.69, 9.17) is 0 Å². The van der Waals surface area contributed by atoms with E-state index in [0.717, 1.165) is 11.8 Å². The number of rotatable bonds is 5. The van der Waals surface area contributed by atoms with Crippen molar-refractivity contribution in [3.05, 3.63) is 0 Å². The fourth-order valence-corrected chi connectivity index (χ4v) is 14.8. The predicted octanol–water partition coefficient (Wildman–Crippen LogP) is 4.15. The third-order valence-electron chi connectivity index (χ3n) is 4.08. The minimum absolute atomic E-state index is 0.234. The molecule has 0 spiro atoms. The van der Waals surface area contributed by atoms with Crippen molar-refractivity contribution in [1.82, 2.24) is 9.36 Å². The molecule has 0 amide bonds. The number of nitrogens with zero attached hydrogens (tertiary/aromatic N) is 3. The first-order chi connectivity index (χ1) is 9.76. The molecule has 1 saturated heterocycles. The Hall–Kier alpha value is 0.679. The van der Waals surface area contributed by atoms with Gasteiger partial charge in [-0.2, -0.15) is 0 Å². The van der Waals surface area contributed by atoms with Gasteiger partial charge in [0.05, 0.1) is 0 Å². The van der Waals surface area contributed by atoms with Gasteiger partial charge >= 0.3 is 148 Å². The molecule has 1 heterocycles. The van der Waals surface area contributed by atoms with Crippen LogP contribution in [0.4, 0.5) is 0 Å². The molecule has 0 saturated carbocycles. The Morgan fingerprint density at radius 1 is 0.818 bits per heavy atom. The van der Waals surface area contributed by atoms with Gasteiger partial charge in [0.15, 0.2) is 0 Å². The molecule has 22 heavy (non-hydrogen) atoms. The minimum atomic E-state index is -1.97. The van der Waals surface area contributed by atoms with Gasteiger partial charge in [-0.3, -0.25) is 0 Å². The van der Waals surface area contributed by atoms with Gasteiger partial charge in [-0.1, -0.05) is 0 Å². The monoisotopic (exact) mass is 418 g/mol. The molecular weight excluding hydrogens is 377 g/mol. The zero-order valence-electron chi connectivity index (χ0n) is 17.0. The summed E-state index contributed by atoms with van der Waals surface area (Å²) in [5.74, 6) is 1.50. The van der Waals surface area contributed by atoms with E-state index in [2.05, 4.69) is 85.5 Å². The number of hydrogen-bond acceptors (Lipinski definition) is 3. The fourth-order valence-electron chi connectivity index (χ4n) is 3.73. The van der Waals surface area contributed by atoms with Crippen LogP contribution in [0.15, 0.2) is 0 Å². The average molecular weight is 417 g/mol. The summed E-state index contributed by atoms with van der Waals surface area (Å²) in [6, 6.07) is 0. The van der Waals surface area contributed by atoms with E-state index >= 15 is 0 Å². The Bertz CT molecular complexity index is 322. The van der Waals surface area contributed by atoms with Gasteiger partial charge in [0.25, 0.3) is 0 Å². The Morgan fingerprint density at radius 3 is 1.36 bits per heavy atom. The van der Waals surface area contributed by atoms with E-state index in [1.807, 2.05) is 0 Å². The Labute approximate surface area is 148 Å². The van der Waals surface area contributed by atoms with E-state index in [0.29, 0.717) is 6.17 Å².